The number of amides is 2. The average Bonchev–Trinajstić information content (AvgIpc) is 3.59. The van der Waals surface area contributed by atoms with Crippen LogP contribution in [0.5, 0.6) is 0 Å². The molecule has 2 aromatic rings. The number of pyridine rings is 1. The first-order valence-corrected chi connectivity index (χ1v) is 13.7. The van der Waals surface area contributed by atoms with Crippen molar-refractivity contribution in [3.05, 3.63) is 36.3 Å². The summed E-state index contributed by atoms with van der Waals surface area (Å²) in [4.78, 5) is 33.9. The third-order valence-corrected chi connectivity index (χ3v) is 8.44. The number of aryl methyl sites for hydroxylation is 1. The third-order valence-electron chi connectivity index (χ3n) is 8.44. The Labute approximate surface area is 219 Å². The van der Waals surface area contributed by atoms with Crippen LogP contribution in [-0.4, -0.2) is 57.9 Å². The van der Waals surface area contributed by atoms with E-state index in [4.69, 9.17) is 4.74 Å². The van der Waals surface area contributed by atoms with Crippen molar-refractivity contribution < 1.29 is 14.3 Å². The molecule has 0 aromatic carbocycles. The fourth-order valence-corrected chi connectivity index (χ4v) is 5.99. The minimum atomic E-state index is -0.622. The Morgan fingerprint density at radius 2 is 1.92 bits per heavy atom. The van der Waals surface area contributed by atoms with Crippen LogP contribution in [-0.2, 0) is 16.6 Å². The van der Waals surface area contributed by atoms with E-state index in [1.807, 2.05) is 12.1 Å². The number of aromatic nitrogens is 3. The number of nitrogens with zero attached hydrogens (tertiary/aromatic N) is 4. The van der Waals surface area contributed by atoms with Gasteiger partial charge in [-0.2, -0.15) is 5.10 Å². The topological polar surface area (TPSA) is 101 Å². The molecule has 3 aliphatic rings. The van der Waals surface area contributed by atoms with Gasteiger partial charge in [-0.25, -0.2) is 4.98 Å². The zero-order valence-electron chi connectivity index (χ0n) is 22.4. The van der Waals surface area contributed by atoms with Crippen LogP contribution < -0.4 is 15.5 Å². The molecule has 2 aliphatic carbocycles. The number of ether oxygens (including phenoxy) is 1. The molecule has 1 aliphatic heterocycles. The maximum Gasteiger partial charge on any atom is 0.270 e. The Morgan fingerprint density at radius 1 is 1.14 bits per heavy atom. The van der Waals surface area contributed by atoms with Crippen LogP contribution in [0.25, 0.3) is 0 Å². The Morgan fingerprint density at radius 3 is 2.49 bits per heavy atom. The maximum atomic E-state index is 13.8. The summed E-state index contributed by atoms with van der Waals surface area (Å²) < 4.78 is 7.36. The van der Waals surface area contributed by atoms with E-state index in [-0.39, 0.29) is 23.3 Å². The predicted octanol–water partition coefficient (Wildman–Crippen LogP) is 3.63. The lowest BCUT2D eigenvalue weighted by molar-refractivity contribution is -0.121. The van der Waals surface area contributed by atoms with Crippen LogP contribution in [0, 0.1) is 23.7 Å². The standard InChI is InChI=1S/C28H40N6O3/c1-18(19-8-9-19)24(20-6-5-7-20)25(32-26(35)22-12-13-30-33(22)4)27(36)31-21-10-11-23(29-16-21)34-14-15-37-28(2,3)17-34/h10-13,16,18-20,24-25H,5-9,14-15,17H2,1-4H3,(H,31,36)(H,32,35)/t18?,24?,25-/m0/s1. The maximum absolute atomic E-state index is 13.8. The molecule has 9 nitrogen and oxygen atoms in total. The molecule has 0 spiro atoms. The van der Waals surface area contributed by atoms with Gasteiger partial charge >= 0.3 is 0 Å². The average molecular weight is 509 g/mol. The van der Waals surface area contributed by atoms with Crippen LogP contribution >= 0.6 is 0 Å². The van der Waals surface area contributed by atoms with Gasteiger partial charge in [-0.1, -0.05) is 26.2 Å². The molecule has 2 saturated carbocycles. The molecular weight excluding hydrogens is 468 g/mol. The van der Waals surface area contributed by atoms with Crippen molar-refractivity contribution >= 4 is 23.3 Å². The molecule has 0 bridgehead atoms. The van der Waals surface area contributed by atoms with Gasteiger partial charge < -0.3 is 20.3 Å². The summed E-state index contributed by atoms with van der Waals surface area (Å²) in [5.74, 6) is 1.97. The lowest BCUT2D eigenvalue weighted by Gasteiger charge is -2.42. The zero-order chi connectivity index (χ0) is 26.2. The van der Waals surface area contributed by atoms with Crippen LogP contribution in [0.3, 0.4) is 0 Å². The Hall–Kier alpha value is -2.94. The van der Waals surface area contributed by atoms with Gasteiger partial charge in [0.2, 0.25) is 5.91 Å². The second-order valence-corrected chi connectivity index (χ2v) is 11.7. The number of rotatable bonds is 9. The second-order valence-electron chi connectivity index (χ2n) is 11.7. The van der Waals surface area contributed by atoms with Crippen molar-refractivity contribution in [2.24, 2.45) is 30.7 Å². The molecule has 3 atom stereocenters. The molecule has 1 saturated heterocycles. The van der Waals surface area contributed by atoms with E-state index < -0.39 is 6.04 Å². The van der Waals surface area contributed by atoms with E-state index in [2.05, 4.69) is 46.4 Å². The lowest BCUT2D eigenvalue weighted by atomic mass is 9.66. The number of carbonyl (C=O) groups is 2. The highest BCUT2D eigenvalue weighted by molar-refractivity contribution is 6.00. The molecule has 2 aromatic heterocycles. The summed E-state index contributed by atoms with van der Waals surface area (Å²) in [6.45, 7) is 8.62. The van der Waals surface area contributed by atoms with E-state index in [1.54, 1.807) is 30.2 Å². The first-order valence-electron chi connectivity index (χ1n) is 13.7. The molecule has 5 rings (SSSR count). The molecule has 0 radical (unpaired) electrons. The normalized spacial score (nSPS) is 22.0. The highest BCUT2D eigenvalue weighted by Gasteiger charge is 2.45. The second kappa shape index (κ2) is 10.4. The van der Waals surface area contributed by atoms with Gasteiger partial charge in [0.15, 0.2) is 0 Å². The molecule has 37 heavy (non-hydrogen) atoms. The summed E-state index contributed by atoms with van der Waals surface area (Å²) in [7, 11) is 1.74. The molecule has 3 heterocycles. The van der Waals surface area contributed by atoms with Crippen molar-refractivity contribution in [3.8, 4) is 0 Å². The molecule has 200 valence electrons. The molecular formula is C28H40N6O3. The predicted molar refractivity (Wildman–Crippen MR) is 142 cm³/mol. The highest BCUT2D eigenvalue weighted by atomic mass is 16.5. The Kier molecular flexibility index (Phi) is 7.25. The van der Waals surface area contributed by atoms with Gasteiger partial charge in [-0.05, 0) is 68.6 Å². The van der Waals surface area contributed by atoms with Crippen molar-refractivity contribution in [2.75, 3.05) is 29.9 Å². The van der Waals surface area contributed by atoms with Gasteiger partial charge in [0.25, 0.3) is 5.91 Å². The lowest BCUT2D eigenvalue weighted by Crippen LogP contribution is -2.54. The number of hydrogen-bond donors (Lipinski definition) is 2. The van der Waals surface area contributed by atoms with E-state index in [0.29, 0.717) is 35.7 Å². The first-order chi connectivity index (χ1) is 17.7. The smallest absolute Gasteiger partial charge is 0.270 e. The zero-order valence-corrected chi connectivity index (χ0v) is 22.4. The summed E-state index contributed by atoms with van der Waals surface area (Å²) >= 11 is 0. The Balaban J connectivity index is 1.34. The number of nitrogens with one attached hydrogen (secondary N) is 2. The summed E-state index contributed by atoms with van der Waals surface area (Å²) in [5, 5.41) is 10.3. The SMILES string of the molecule is CC(C1CC1)C(C1CCC1)[C@H](NC(=O)c1ccnn1C)C(=O)Nc1ccc(N2CCOC(C)(C)C2)nc1. The quantitative estimate of drug-likeness (QED) is 0.536. The number of morpholine rings is 1. The summed E-state index contributed by atoms with van der Waals surface area (Å²) in [5.41, 5.74) is 0.858. The number of hydrogen-bond acceptors (Lipinski definition) is 6. The van der Waals surface area contributed by atoms with Crippen LogP contribution in [0.1, 0.15) is 63.4 Å². The van der Waals surface area contributed by atoms with Gasteiger partial charge in [0.1, 0.15) is 17.6 Å². The van der Waals surface area contributed by atoms with Crippen LogP contribution in [0.15, 0.2) is 30.6 Å². The molecule has 2 N–H and O–H groups in total. The molecule has 2 unspecified atom stereocenters. The van der Waals surface area contributed by atoms with Gasteiger partial charge in [-0.3, -0.25) is 14.3 Å². The monoisotopic (exact) mass is 508 g/mol. The largest absolute Gasteiger partial charge is 0.372 e. The molecule has 2 amide bonds. The highest BCUT2D eigenvalue weighted by Crippen LogP contribution is 2.48. The van der Waals surface area contributed by atoms with Crippen LogP contribution in [0.4, 0.5) is 11.5 Å². The minimum Gasteiger partial charge on any atom is -0.372 e. The van der Waals surface area contributed by atoms with Crippen molar-refractivity contribution in [2.45, 2.75) is 64.5 Å². The number of anilines is 2. The first kappa shape index (κ1) is 25.7. The van der Waals surface area contributed by atoms with E-state index in [1.165, 1.54) is 19.3 Å². The number of carbonyl (C=O) groups excluding carboxylic acids is 2. The Bertz CT molecular complexity index is 1110. The summed E-state index contributed by atoms with van der Waals surface area (Å²) in [6, 6.07) is 4.90. The third kappa shape index (κ3) is 5.81. The molecule has 3 fully saturated rings. The fraction of sp³-hybridized carbons (Fsp3) is 0.643. The van der Waals surface area contributed by atoms with E-state index in [9.17, 15) is 9.59 Å². The van der Waals surface area contributed by atoms with Gasteiger partial charge in [-0.15, -0.1) is 0 Å². The van der Waals surface area contributed by atoms with E-state index >= 15 is 0 Å². The van der Waals surface area contributed by atoms with Crippen molar-refractivity contribution in [1.29, 1.82) is 0 Å². The van der Waals surface area contributed by atoms with Gasteiger partial charge in [0, 0.05) is 26.3 Å². The fourth-order valence-electron chi connectivity index (χ4n) is 5.99. The minimum absolute atomic E-state index is 0.0984. The molecule has 9 heteroatoms. The van der Waals surface area contributed by atoms with Crippen LogP contribution in [0.2, 0.25) is 0 Å². The van der Waals surface area contributed by atoms with Crippen molar-refractivity contribution in [3.63, 3.8) is 0 Å². The van der Waals surface area contributed by atoms with E-state index in [0.717, 1.165) is 31.7 Å². The van der Waals surface area contributed by atoms with Crippen molar-refractivity contribution in [1.82, 2.24) is 20.1 Å². The summed E-state index contributed by atoms with van der Waals surface area (Å²) in [6.07, 6.45) is 9.13. The van der Waals surface area contributed by atoms with Gasteiger partial charge in [0.05, 0.1) is 24.1 Å².